The van der Waals surface area contributed by atoms with Crippen molar-refractivity contribution in [2.75, 3.05) is 19.0 Å². The van der Waals surface area contributed by atoms with Gasteiger partial charge in [-0.15, -0.1) is 0 Å². The SMILES string of the molecule is COC(=O)C1=C(C#N)NC(C)=C(C(=O)OC(C)C)C1c1cc([N+](=O)[O-])ccc1OCCCCBr. The number of allylic oxidation sites excluding steroid dienone is 2. The number of nitrogens with one attached hydrogen (secondary N) is 1. The van der Waals surface area contributed by atoms with Crippen molar-refractivity contribution < 1.29 is 28.7 Å². The first-order chi connectivity index (χ1) is 16.2. The summed E-state index contributed by atoms with van der Waals surface area (Å²) in [6, 6.07) is 5.86. The molecule has 0 aliphatic carbocycles. The number of rotatable bonds is 10. The molecule has 0 bridgehead atoms. The van der Waals surface area contributed by atoms with E-state index in [1.807, 2.05) is 6.07 Å². The number of halogens is 1. The number of unbranched alkanes of at least 4 members (excludes halogenated alkanes) is 1. The van der Waals surface area contributed by atoms with E-state index in [1.54, 1.807) is 20.8 Å². The molecular weight excluding hydrogens is 510 g/mol. The second-order valence-corrected chi connectivity index (χ2v) is 8.46. The van der Waals surface area contributed by atoms with Crippen molar-refractivity contribution in [3.05, 3.63) is 56.4 Å². The van der Waals surface area contributed by atoms with Gasteiger partial charge in [-0.3, -0.25) is 10.1 Å². The fraction of sp³-hybridized carbons (Fsp3) is 0.435. The van der Waals surface area contributed by atoms with Gasteiger partial charge in [-0.05, 0) is 39.7 Å². The topological polar surface area (TPSA) is 141 Å². The summed E-state index contributed by atoms with van der Waals surface area (Å²) in [5.41, 5.74) is -0.0872. The molecule has 0 saturated heterocycles. The van der Waals surface area contributed by atoms with Crippen LogP contribution in [0, 0.1) is 21.4 Å². The molecule has 11 heteroatoms. The summed E-state index contributed by atoms with van der Waals surface area (Å²) in [5, 5.41) is 24.8. The summed E-state index contributed by atoms with van der Waals surface area (Å²) in [7, 11) is 1.14. The average Bonchev–Trinajstić information content (AvgIpc) is 2.79. The maximum atomic E-state index is 13.1. The van der Waals surface area contributed by atoms with Crippen LogP contribution in [0.25, 0.3) is 0 Å². The number of carbonyl (C=O) groups excluding carboxylic acids is 2. The molecule has 0 amide bonds. The Balaban J connectivity index is 2.80. The predicted octanol–water partition coefficient (Wildman–Crippen LogP) is 4.01. The molecule has 1 N–H and O–H groups in total. The molecule has 182 valence electrons. The number of esters is 2. The minimum Gasteiger partial charge on any atom is -0.493 e. The summed E-state index contributed by atoms with van der Waals surface area (Å²) >= 11 is 3.35. The zero-order chi connectivity index (χ0) is 25.4. The number of nitriles is 1. The Labute approximate surface area is 205 Å². The minimum atomic E-state index is -1.19. The van der Waals surface area contributed by atoms with Crippen LogP contribution in [0.15, 0.2) is 40.7 Å². The molecule has 1 aromatic carbocycles. The lowest BCUT2D eigenvalue weighted by Gasteiger charge is -2.30. The third-order valence-corrected chi connectivity index (χ3v) is 5.50. The highest BCUT2D eigenvalue weighted by Crippen LogP contribution is 2.44. The standard InChI is InChI=1S/C23H26BrN3O7/c1-13(2)34-23(29)19-14(3)26-17(12-25)21(22(28)32-4)20(19)16-11-15(27(30)31)7-8-18(16)33-10-6-5-9-24/h7-8,11,13,20,26H,5-6,9-10H2,1-4H3. The van der Waals surface area contributed by atoms with Gasteiger partial charge in [-0.1, -0.05) is 15.9 Å². The second kappa shape index (κ2) is 12.2. The van der Waals surface area contributed by atoms with Gasteiger partial charge in [-0.2, -0.15) is 5.26 Å². The van der Waals surface area contributed by atoms with Crippen molar-refractivity contribution in [2.45, 2.75) is 45.6 Å². The monoisotopic (exact) mass is 535 g/mol. The van der Waals surface area contributed by atoms with E-state index in [0.29, 0.717) is 13.0 Å². The molecule has 1 aliphatic rings. The number of nitro benzene ring substituents is 1. The van der Waals surface area contributed by atoms with Gasteiger partial charge in [0.05, 0.1) is 41.8 Å². The Morgan fingerprint density at radius 3 is 2.53 bits per heavy atom. The number of hydrogen-bond acceptors (Lipinski definition) is 9. The van der Waals surface area contributed by atoms with Crippen LogP contribution in [0.3, 0.4) is 0 Å². The maximum absolute atomic E-state index is 13.1. The van der Waals surface area contributed by atoms with E-state index in [9.17, 15) is 25.0 Å². The summed E-state index contributed by atoms with van der Waals surface area (Å²) in [4.78, 5) is 36.9. The Bertz CT molecular complexity index is 1070. The lowest BCUT2D eigenvalue weighted by Crippen LogP contribution is -2.33. The van der Waals surface area contributed by atoms with E-state index in [1.165, 1.54) is 18.2 Å². The van der Waals surface area contributed by atoms with Crippen molar-refractivity contribution in [3.63, 3.8) is 0 Å². The number of non-ortho nitro benzene ring substituents is 1. The molecule has 1 aliphatic heterocycles. The van der Waals surface area contributed by atoms with Gasteiger partial charge in [0.15, 0.2) is 0 Å². The van der Waals surface area contributed by atoms with Gasteiger partial charge in [0.25, 0.3) is 5.69 Å². The minimum absolute atomic E-state index is 0.0268. The first-order valence-electron chi connectivity index (χ1n) is 10.5. The van der Waals surface area contributed by atoms with Crippen molar-refractivity contribution >= 4 is 33.6 Å². The number of alkyl halides is 1. The molecule has 1 aromatic rings. The number of hydrogen-bond donors (Lipinski definition) is 1. The van der Waals surface area contributed by atoms with Gasteiger partial charge in [0, 0.05) is 28.7 Å². The summed E-state index contributed by atoms with van der Waals surface area (Å²) in [5.74, 6) is -2.55. The summed E-state index contributed by atoms with van der Waals surface area (Å²) < 4.78 is 16.2. The molecule has 0 spiro atoms. The Hall–Kier alpha value is -3.39. The first-order valence-corrected chi connectivity index (χ1v) is 11.7. The molecule has 1 atom stereocenters. The van der Waals surface area contributed by atoms with E-state index < -0.39 is 28.9 Å². The number of carbonyl (C=O) groups is 2. The Kier molecular flexibility index (Phi) is 9.62. The van der Waals surface area contributed by atoms with Gasteiger partial charge in [-0.25, -0.2) is 9.59 Å². The molecule has 0 aromatic heterocycles. The van der Waals surface area contributed by atoms with Crippen LogP contribution in [0.2, 0.25) is 0 Å². The number of methoxy groups -OCH3 is 1. The fourth-order valence-corrected chi connectivity index (χ4v) is 3.89. The molecule has 0 fully saturated rings. The van der Waals surface area contributed by atoms with Crippen LogP contribution in [0.4, 0.5) is 5.69 Å². The van der Waals surface area contributed by atoms with Crippen molar-refractivity contribution in [2.24, 2.45) is 0 Å². The number of dihydropyridines is 1. The van der Waals surface area contributed by atoms with Gasteiger partial charge in [0.1, 0.15) is 17.5 Å². The van der Waals surface area contributed by atoms with Crippen LogP contribution in [0.1, 0.15) is 45.1 Å². The Morgan fingerprint density at radius 1 is 1.26 bits per heavy atom. The summed E-state index contributed by atoms with van der Waals surface area (Å²) in [6.45, 7) is 5.20. The lowest BCUT2D eigenvalue weighted by atomic mass is 9.79. The van der Waals surface area contributed by atoms with E-state index >= 15 is 0 Å². The highest BCUT2D eigenvalue weighted by molar-refractivity contribution is 9.09. The second-order valence-electron chi connectivity index (χ2n) is 7.67. The van der Waals surface area contributed by atoms with Crippen LogP contribution in [0.5, 0.6) is 5.75 Å². The molecule has 0 saturated carbocycles. The van der Waals surface area contributed by atoms with Crippen molar-refractivity contribution in [1.82, 2.24) is 5.32 Å². The van der Waals surface area contributed by atoms with E-state index in [2.05, 4.69) is 21.2 Å². The zero-order valence-electron chi connectivity index (χ0n) is 19.3. The third kappa shape index (κ3) is 6.14. The first kappa shape index (κ1) is 26.9. The smallest absolute Gasteiger partial charge is 0.337 e. The Morgan fingerprint density at radius 2 is 1.97 bits per heavy atom. The van der Waals surface area contributed by atoms with E-state index in [0.717, 1.165) is 18.9 Å². The molecule has 0 radical (unpaired) electrons. The van der Waals surface area contributed by atoms with Gasteiger partial charge < -0.3 is 19.5 Å². The largest absolute Gasteiger partial charge is 0.493 e. The molecule has 34 heavy (non-hydrogen) atoms. The number of nitro groups is 1. The predicted molar refractivity (Wildman–Crippen MR) is 126 cm³/mol. The van der Waals surface area contributed by atoms with Gasteiger partial charge in [0.2, 0.25) is 0 Å². The number of nitrogens with zero attached hydrogens (tertiary/aromatic N) is 2. The fourth-order valence-electron chi connectivity index (χ4n) is 3.49. The zero-order valence-corrected chi connectivity index (χ0v) is 20.9. The van der Waals surface area contributed by atoms with E-state index in [4.69, 9.17) is 14.2 Å². The van der Waals surface area contributed by atoms with Gasteiger partial charge >= 0.3 is 11.9 Å². The molecule has 1 unspecified atom stereocenters. The highest BCUT2D eigenvalue weighted by atomic mass is 79.9. The lowest BCUT2D eigenvalue weighted by molar-refractivity contribution is -0.384. The summed E-state index contributed by atoms with van der Waals surface area (Å²) in [6.07, 6.45) is 1.07. The number of ether oxygens (including phenoxy) is 3. The van der Waals surface area contributed by atoms with Crippen molar-refractivity contribution in [1.29, 1.82) is 5.26 Å². The normalized spacial score (nSPS) is 15.5. The number of benzene rings is 1. The van der Waals surface area contributed by atoms with Crippen LogP contribution in [-0.2, 0) is 19.1 Å². The highest BCUT2D eigenvalue weighted by Gasteiger charge is 2.41. The third-order valence-electron chi connectivity index (χ3n) is 4.94. The average molecular weight is 536 g/mol. The van der Waals surface area contributed by atoms with Crippen molar-refractivity contribution in [3.8, 4) is 11.8 Å². The molecule has 2 rings (SSSR count). The van der Waals surface area contributed by atoms with E-state index in [-0.39, 0.29) is 39.5 Å². The molecule has 10 nitrogen and oxygen atoms in total. The quantitative estimate of drug-likeness (QED) is 0.154. The molecule has 1 heterocycles. The van der Waals surface area contributed by atoms with Crippen LogP contribution < -0.4 is 10.1 Å². The molecular formula is C23H26BrN3O7. The van der Waals surface area contributed by atoms with Crippen LogP contribution >= 0.6 is 15.9 Å². The van der Waals surface area contributed by atoms with Crippen LogP contribution in [-0.4, -0.2) is 42.0 Å². The maximum Gasteiger partial charge on any atom is 0.337 e.